The Morgan fingerprint density at radius 2 is 1.08 bits per heavy atom. The molecular formula is C49H60N8O6. The fourth-order valence-electron chi connectivity index (χ4n) is 11.0. The third-order valence-corrected chi connectivity index (χ3v) is 14.3. The van der Waals surface area contributed by atoms with Crippen LogP contribution in [0.2, 0.25) is 0 Å². The molecule has 9 rings (SSSR count). The molecule has 1 unspecified atom stereocenters. The van der Waals surface area contributed by atoms with Gasteiger partial charge >= 0.3 is 12.2 Å². The normalized spacial score (nSPS) is 20.3. The monoisotopic (exact) mass is 856 g/mol. The predicted molar refractivity (Wildman–Crippen MR) is 241 cm³/mol. The van der Waals surface area contributed by atoms with Gasteiger partial charge in [-0.15, -0.1) is 0 Å². The van der Waals surface area contributed by atoms with Crippen LogP contribution < -0.4 is 10.6 Å². The molecule has 3 fully saturated rings. The molecule has 14 nitrogen and oxygen atoms in total. The number of carbonyl (C=O) groups excluding carboxylic acids is 4. The quantitative estimate of drug-likeness (QED) is 0.108. The molecular weight excluding hydrogens is 797 g/mol. The Bertz CT molecular complexity index is 2400. The SMILES string of the molecule is COC(=O)NC(C(=O)N1CCC[C@H]1c1nc2ccc(-c3ccc(-c4ccc5nc([C@@H]6CCCN6C(=O)[C@@H](NC(=O)OC)C(C)C)[nH]c5c4)c4c3CC3(CCCC3)C4)cc2[nH]1)C(C)C. The molecule has 2 aliphatic heterocycles. The van der Waals surface area contributed by atoms with Gasteiger partial charge in [-0.3, -0.25) is 9.59 Å². The van der Waals surface area contributed by atoms with Gasteiger partial charge in [0.05, 0.1) is 48.4 Å². The van der Waals surface area contributed by atoms with E-state index in [2.05, 4.69) is 69.1 Å². The summed E-state index contributed by atoms with van der Waals surface area (Å²) < 4.78 is 9.65. The topological polar surface area (TPSA) is 175 Å². The first-order valence-electron chi connectivity index (χ1n) is 22.8. The van der Waals surface area contributed by atoms with E-state index in [1.54, 1.807) is 0 Å². The van der Waals surface area contributed by atoms with E-state index in [-0.39, 0.29) is 41.1 Å². The van der Waals surface area contributed by atoms with Crippen LogP contribution in [0.15, 0.2) is 48.5 Å². The lowest BCUT2D eigenvalue weighted by Gasteiger charge is -2.29. The molecule has 5 aromatic rings. The number of methoxy groups -OCH3 is 2. The van der Waals surface area contributed by atoms with Crippen LogP contribution in [0.25, 0.3) is 44.3 Å². The maximum atomic E-state index is 13.8. The number of aromatic nitrogens is 4. The van der Waals surface area contributed by atoms with Gasteiger partial charge in [-0.25, -0.2) is 19.6 Å². The predicted octanol–water partition coefficient (Wildman–Crippen LogP) is 8.52. The van der Waals surface area contributed by atoms with Crippen molar-refractivity contribution >= 4 is 46.1 Å². The molecule has 1 saturated carbocycles. The molecule has 4 atom stereocenters. The lowest BCUT2D eigenvalue weighted by Crippen LogP contribution is -2.51. The van der Waals surface area contributed by atoms with Gasteiger partial charge in [0.25, 0.3) is 0 Å². The zero-order chi connectivity index (χ0) is 44.2. The van der Waals surface area contributed by atoms with Crippen LogP contribution in [0, 0.1) is 17.3 Å². The number of rotatable bonds is 10. The number of ether oxygens (including phenoxy) is 2. The fourth-order valence-corrected chi connectivity index (χ4v) is 11.0. The van der Waals surface area contributed by atoms with Gasteiger partial charge in [0.1, 0.15) is 23.7 Å². The summed E-state index contributed by atoms with van der Waals surface area (Å²) in [5.74, 6) is 1.06. The van der Waals surface area contributed by atoms with E-state index in [1.807, 2.05) is 37.5 Å². The maximum absolute atomic E-state index is 13.8. The number of fused-ring (bicyclic) bond motifs is 3. The number of amides is 4. The van der Waals surface area contributed by atoms with Crippen molar-refractivity contribution in [3.63, 3.8) is 0 Å². The Hall–Kier alpha value is -5.92. The van der Waals surface area contributed by atoms with Crippen LogP contribution in [0.5, 0.6) is 0 Å². The first-order chi connectivity index (χ1) is 30.4. The summed E-state index contributed by atoms with van der Waals surface area (Å²) in [4.78, 5) is 72.9. The first kappa shape index (κ1) is 42.4. The number of nitrogens with one attached hydrogen (secondary N) is 4. The van der Waals surface area contributed by atoms with Crippen LogP contribution in [0.4, 0.5) is 9.59 Å². The number of H-pyrrole nitrogens is 2. The van der Waals surface area contributed by atoms with Crippen molar-refractivity contribution in [1.29, 1.82) is 0 Å². The second-order valence-electron chi connectivity index (χ2n) is 19.0. The summed E-state index contributed by atoms with van der Waals surface area (Å²) in [5.41, 5.74) is 11.5. The zero-order valence-corrected chi connectivity index (χ0v) is 37.3. The van der Waals surface area contributed by atoms with Crippen LogP contribution in [-0.2, 0) is 31.9 Å². The van der Waals surface area contributed by atoms with Crippen LogP contribution >= 0.6 is 0 Å². The molecule has 63 heavy (non-hydrogen) atoms. The molecule has 2 aromatic heterocycles. The van der Waals surface area contributed by atoms with E-state index in [0.717, 1.165) is 83.4 Å². The number of aromatic amines is 2. The summed E-state index contributed by atoms with van der Waals surface area (Å²) in [6.45, 7) is 8.89. The number of carbonyl (C=O) groups is 4. The molecule has 4 N–H and O–H groups in total. The average Bonchev–Trinajstić information content (AvgIpc) is 4.14. The lowest BCUT2D eigenvalue weighted by molar-refractivity contribution is -0.136. The standard InChI is InChI=1S/C49H60N8O6/c1-27(2)41(54-47(60)62-5)45(58)56-21-9-11-39(56)43-50-35-17-13-29(23-37(35)52-43)31-15-16-32(34-26-49(25-33(31)34)19-7-8-20-49)30-14-18-36-38(24-30)53-44(51-36)40-12-10-22-57(40)46(59)42(28(3)4)55-48(61)63-6/h13-18,23-24,27-28,39-42H,7-12,19-22,25-26H2,1-6H3,(H,50,52)(H,51,53)(H,54,60)(H,55,61)/t39-,40-,41-,42?/m0/s1. The van der Waals surface area contributed by atoms with E-state index in [0.29, 0.717) is 13.1 Å². The molecule has 4 amide bonds. The highest BCUT2D eigenvalue weighted by molar-refractivity contribution is 5.90. The summed E-state index contributed by atoms with van der Waals surface area (Å²) >= 11 is 0. The molecule has 3 aromatic carbocycles. The Morgan fingerprint density at radius 1 is 0.651 bits per heavy atom. The van der Waals surface area contributed by atoms with Crippen LogP contribution in [0.3, 0.4) is 0 Å². The fraction of sp³-hybridized carbons (Fsp3) is 0.510. The molecule has 2 aliphatic carbocycles. The highest BCUT2D eigenvalue weighted by Gasteiger charge is 2.43. The van der Waals surface area contributed by atoms with Gasteiger partial charge in [-0.2, -0.15) is 0 Å². The molecule has 0 bridgehead atoms. The minimum Gasteiger partial charge on any atom is -0.453 e. The van der Waals surface area contributed by atoms with Crippen molar-refractivity contribution < 1.29 is 28.7 Å². The number of imidazole rings is 2. The second kappa shape index (κ2) is 17.0. The first-order valence-corrected chi connectivity index (χ1v) is 22.8. The lowest BCUT2D eigenvalue weighted by atomic mass is 9.82. The van der Waals surface area contributed by atoms with Gasteiger partial charge in [-0.1, -0.05) is 64.8 Å². The second-order valence-corrected chi connectivity index (χ2v) is 19.0. The van der Waals surface area contributed by atoms with Gasteiger partial charge in [0.2, 0.25) is 11.8 Å². The number of benzene rings is 3. The number of alkyl carbamates (subject to hydrolysis) is 2. The molecule has 14 heteroatoms. The summed E-state index contributed by atoms with van der Waals surface area (Å²) in [6.07, 6.45) is 9.16. The molecule has 4 heterocycles. The third kappa shape index (κ3) is 7.90. The van der Waals surface area contributed by atoms with Gasteiger partial charge in [0.15, 0.2) is 0 Å². The Balaban J connectivity index is 1.01. The highest BCUT2D eigenvalue weighted by atomic mass is 16.5. The number of likely N-dealkylation sites (tertiary alicyclic amines) is 2. The number of hydrogen-bond acceptors (Lipinski definition) is 8. The Morgan fingerprint density at radius 3 is 1.48 bits per heavy atom. The van der Waals surface area contributed by atoms with Crippen molar-refractivity contribution in [3.8, 4) is 22.3 Å². The van der Waals surface area contributed by atoms with Crippen LogP contribution in [-0.4, -0.2) is 93.1 Å². The molecule has 4 aliphatic rings. The van der Waals surface area contributed by atoms with Gasteiger partial charge < -0.3 is 39.9 Å². The Kier molecular flexibility index (Phi) is 11.4. The molecule has 0 radical (unpaired) electrons. The molecule has 1 spiro atoms. The van der Waals surface area contributed by atoms with Gasteiger partial charge in [0, 0.05) is 13.1 Å². The molecule has 2 saturated heterocycles. The van der Waals surface area contributed by atoms with Crippen molar-refractivity contribution in [2.24, 2.45) is 17.3 Å². The maximum Gasteiger partial charge on any atom is 0.407 e. The summed E-state index contributed by atoms with van der Waals surface area (Å²) in [6, 6.07) is 15.7. The van der Waals surface area contributed by atoms with Crippen molar-refractivity contribution in [3.05, 3.63) is 71.3 Å². The van der Waals surface area contributed by atoms with Crippen LogP contribution in [0.1, 0.15) is 114 Å². The minimum absolute atomic E-state index is 0.108. The van der Waals surface area contributed by atoms with Crippen molar-refractivity contribution in [2.45, 2.75) is 116 Å². The number of hydrogen-bond donors (Lipinski definition) is 4. The smallest absolute Gasteiger partial charge is 0.407 e. The summed E-state index contributed by atoms with van der Waals surface area (Å²) in [5, 5.41) is 5.49. The number of nitrogens with zero attached hydrogens (tertiary/aromatic N) is 4. The van der Waals surface area contributed by atoms with E-state index >= 15 is 0 Å². The highest BCUT2D eigenvalue weighted by Crippen LogP contribution is 2.53. The van der Waals surface area contributed by atoms with E-state index < -0.39 is 24.3 Å². The molecule has 332 valence electrons. The van der Waals surface area contributed by atoms with E-state index in [1.165, 1.54) is 62.2 Å². The Labute approximate surface area is 368 Å². The zero-order valence-electron chi connectivity index (χ0n) is 37.3. The minimum atomic E-state index is -0.692. The van der Waals surface area contributed by atoms with Crippen molar-refractivity contribution in [2.75, 3.05) is 27.3 Å². The average molecular weight is 857 g/mol. The largest absolute Gasteiger partial charge is 0.453 e. The summed E-state index contributed by atoms with van der Waals surface area (Å²) in [7, 11) is 2.61. The van der Waals surface area contributed by atoms with Crippen molar-refractivity contribution in [1.82, 2.24) is 40.4 Å². The van der Waals surface area contributed by atoms with E-state index in [9.17, 15) is 19.2 Å². The van der Waals surface area contributed by atoms with E-state index in [4.69, 9.17) is 19.4 Å². The third-order valence-electron chi connectivity index (χ3n) is 14.3. The van der Waals surface area contributed by atoms with Gasteiger partial charge in [-0.05, 0) is 126 Å².